The van der Waals surface area contributed by atoms with Gasteiger partial charge in [0.15, 0.2) is 0 Å². The Hall–Kier alpha value is -3.36. The minimum Gasteiger partial charge on any atom is -0.383 e. The molecule has 156 valence electrons. The van der Waals surface area contributed by atoms with Crippen LogP contribution < -0.4 is 11.1 Å². The Morgan fingerprint density at radius 3 is 2.83 bits per heavy atom. The molecule has 3 aromatic heterocycles. The number of anilines is 1. The Balaban J connectivity index is 1.46. The lowest BCUT2D eigenvalue weighted by atomic mass is 9.82. The number of nitrogens with two attached hydrogens (primary N) is 1. The van der Waals surface area contributed by atoms with Crippen molar-refractivity contribution in [3.63, 3.8) is 0 Å². The fourth-order valence-corrected chi connectivity index (χ4v) is 4.70. The molecule has 9 heteroatoms. The molecule has 1 spiro atoms. The summed E-state index contributed by atoms with van der Waals surface area (Å²) in [6, 6.07) is 6.11. The summed E-state index contributed by atoms with van der Waals surface area (Å²) in [7, 11) is 1.88. The highest BCUT2D eigenvalue weighted by Gasteiger charge is 2.46. The molecule has 1 unspecified atom stereocenters. The number of nitrogen functional groups attached to an aromatic ring is 1. The number of fused-ring (bicyclic) bond motifs is 2. The van der Waals surface area contributed by atoms with Crippen molar-refractivity contribution >= 4 is 11.8 Å². The number of urea groups is 1. The van der Waals surface area contributed by atoms with Gasteiger partial charge in [0.25, 0.3) is 0 Å². The van der Waals surface area contributed by atoms with Crippen LogP contribution in [0.2, 0.25) is 0 Å². The number of amides is 2. The first-order chi connectivity index (χ1) is 14.5. The van der Waals surface area contributed by atoms with Gasteiger partial charge < -0.3 is 16.0 Å². The van der Waals surface area contributed by atoms with Crippen molar-refractivity contribution in [2.24, 2.45) is 7.05 Å². The summed E-state index contributed by atoms with van der Waals surface area (Å²) in [5, 5.41) is 12.2. The number of rotatable bonds is 3. The number of carbonyl (C=O) groups excluding carboxylic acids is 1. The molecule has 1 atom stereocenters. The first-order valence-electron chi connectivity index (χ1n) is 10.4. The zero-order valence-corrected chi connectivity index (χ0v) is 17.3. The van der Waals surface area contributed by atoms with Crippen molar-refractivity contribution < 1.29 is 4.79 Å². The van der Waals surface area contributed by atoms with Crippen molar-refractivity contribution in [1.82, 2.24) is 34.8 Å². The second-order valence-corrected chi connectivity index (χ2v) is 8.21. The fourth-order valence-electron chi connectivity index (χ4n) is 4.70. The molecule has 0 aliphatic carbocycles. The first kappa shape index (κ1) is 18.7. The number of likely N-dealkylation sites (tertiary alicyclic amines) is 1. The van der Waals surface area contributed by atoms with Gasteiger partial charge in [-0.15, -0.1) is 0 Å². The highest BCUT2D eigenvalue weighted by atomic mass is 16.2. The van der Waals surface area contributed by atoms with E-state index in [2.05, 4.69) is 26.1 Å². The van der Waals surface area contributed by atoms with E-state index in [1.165, 1.54) is 5.69 Å². The molecule has 5 heterocycles. The molecule has 0 aromatic carbocycles. The number of carbonyl (C=O) groups is 1. The highest BCUT2D eigenvalue weighted by Crippen LogP contribution is 2.44. The van der Waals surface area contributed by atoms with E-state index in [-0.39, 0.29) is 11.4 Å². The number of hydrogen-bond donors (Lipinski definition) is 2. The first-order valence-corrected chi connectivity index (χ1v) is 10.4. The zero-order chi connectivity index (χ0) is 20.9. The number of nitrogens with one attached hydrogen (secondary N) is 1. The topological polar surface area (TPSA) is 107 Å². The van der Waals surface area contributed by atoms with E-state index in [1.807, 2.05) is 37.2 Å². The summed E-state index contributed by atoms with van der Waals surface area (Å²) in [5.74, 6) is 0.453. The Labute approximate surface area is 174 Å². The van der Waals surface area contributed by atoms with Crippen LogP contribution in [0, 0.1) is 0 Å². The molecule has 2 aliphatic rings. The normalized spacial score (nSPS) is 20.1. The molecule has 30 heavy (non-hydrogen) atoms. The predicted molar refractivity (Wildman–Crippen MR) is 114 cm³/mol. The van der Waals surface area contributed by atoms with Gasteiger partial charge in [-0.05, 0) is 38.0 Å². The minimum atomic E-state index is -0.0125. The van der Waals surface area contributed by atoms with Crippen molar-refractivity contribution in [3.05, 3.63) is 36.3 Å². The largest absolute Gasteiger partial charge is 0.383 e. The van der Waals surface area contributed by atoms with Crippen molar-refractivity contribution in [2.45, 2.75) is 31.7 Å². The average Bonchev–Trinajstić information content (AvgIpc) is 3.49. The van der Waals surface area contributed by atoms with E-state index in [4.69, 9.17) is 10.8 Å². The van der Waals surface area contributed by atoms with Gasteiger partial charge in [-0.2, -0.15) is 10.2 Å². The summed E-state index contributed by atoms with van der Waals surface area (Å²) in [4.78, 5) is 18.6. The van der Waals surface area contributed by atoms with Crippen LogP contribution in [-0.2, 0) is 19.0 Å². The lowest BCUT2D eigenvalue weighted by Crippen LogP contribution is -2.40. The lowest BCUT2D eigenvalue weighted by Gasteiger charge is -2.23. The van der Waals surface area contributed by atoms with Crippen LogP contribution in [0.1, 0.15) is 25.5 Å². The van der Waals surface area contributed by atoms with Crippen molar-refractivity contribution in [1.29, 1.82) is 0 Å². The zero-order valence-electron chi connectivity index (χ0n) is 17.3. The molecule has 5 rings (SSSR count). The van der Waals surface area contributed by atoms with Gasteiger partial charge in [-0.25, -0.2) is 9.78 Å². The third kappa shape index (κ3) is 2.92. The molecular formula is C21H26N8O. The molecule has 2 amide bonds. The second kappa shape index (κ2) is 6.86. The summed E-state index contributed by atoms with van der Waals surface area (Å²) in [6.07, 6.45) is 5.64. The maximum Gasteiger partial charge on any atom is 0.317 e. The molecule has 0 saturated carbocycles. The third-order valence-corrected chi connectivity index (χ3v) is 6.30. The van der Waals surface area contributed by atoms with Crippen LogP contribution in [0.3, 0.4) is 0 Å². The number of pyridine rings is 1. The highest BCUT2D eigenvalue weighted by molar-refractivity contribution is 5.77. The van der Waals surface area contributed by atoms with E-state index in [0.717, 1.165) is 55.0 Å². The Kier molecular flexibility index (Phi) is 4.27. The Morgan fingerprint density at radius 2 is 2.07 bits per heavy atom. The maximum atomic E-state index is 12.3. The quantitative estimate of drug-likeness (QED) is 0.692. The minimum absolute atomic E-state index is 0.0125. The molecule has 2 aliphatic heterocycles. The fraction of sp³-hybridized carbons (Fsp3) is 0.429. The summed E-state index contributed by atoms with van der Waals surface area (Å²) < 4.78 is 3.84. The molecule has 3 N–H and O–H groups in total. The van der Waals surface area contributed by atoms with Crippen LogP contribution in [0.25, 0.3) is 22.5 Å². The number of nitrogens with zero attached hydrogens (tertiary/aromatic N) is 6. The Morgan fingerprint density at radius 1 is 1.23 bits per heavy atom. The van der Waals surface area contributed by atoms with E-state index >= 15 is 0 Å². The van der Waals surface area contributed by atoms with Crippen LogP contribution in [0.15, 0.2) is 30.6 Å². The SMILES string of the molecule is CCNC(=O)N1CCC2(CCn3nc(-c4cnc(N)c(-c5ccn(C)n5)c4)cc32)C1. The van der Waals surface area contributed by atoms with E-state index in [1.54, 1.807) is 10.9 Å². The van der Waals surface area contributed by atoms with Crippen LogP contribution in [0.4, 0.5) is 10.6 Å². The van der Waals surface area contributed by atoms with Gasteiger partial charge in [-0.1, -0.05) is 0 Å². The molecule has 0 radical (unpaired) electrons. The predicted octanol–water partition coefficient (Wildman–Crippen LogP) is 2.00. The summed E-state index contributed by atoms with van der Waals surface area (Å²) in [6.45, 7) is 4.98. The Bertz CT molecular complexity index is 1120. The van der Waals surface area contributed by atoms with Crippen LogP contribution in [0.5, 0.6) is 0 Å². The van der Waals surface area contributed by atoms with Crippen LogP contribution >= 0.6 is 0 Å². The van der Waals surface area contributed by atoms with Crippen molar-refractivity contribution in [3.8, 4) is 22.5 Å². The van der Waals surface area contributed by atoms with Gasteiger partial charge in [0.2, 0.25) is 0 Å². The van der Waals surface area contributed by atoms with Gasteiger partial charge in [-0.3, -0.25) is 9.36 Å². The van der Waals surface area contributed by atoms with Gasteiger partial charge in [0, 0.05) is 67.9 Å². The van der Waals surface area contributed by atoms with Gasteiger partial charge in [0.1, 0.15) is 5.82 Å². The standard InChI is InChI=1S/C21H26N8O/c1-3-23-20(30)28-8-5-21(13-28)6-9-29-18(21)11-17(26-29)14-10-15(19(22)24-12-14)16-4-7-27(2)25-16/h4,7,10-12H,3,5-6,8-9,13H2,1-2H3,(H2,22,24)(H,23,30). The number of aryl methyl sites for hydroxylation is 2. The lowest BCUT2D eigenvalue weighted by molar-refractivity contribution is 0.206. The monoisotopic (exact) mass is 406 g/mol. The molecule has 3 aromatic rings. The van der Waals surface area contributed by atoms with Gasteiger partial charge >= 0.3 is 6.03 Å². The number of aromatic nitrogens is 5. The number of hydrogen-bond acceptors (Lipinski definition) is 5. The van der Waals surface area contributed by atoms with Gasteiger partial charge in [0.05, 0.1) is 11.4 Å². The smallest absolute Gasteiger partial charge is 0.317 e. The molecule has 0 bridgehead atoms. The summed E-state index contributed by atoms with van der Waals surface area (Å²) >= 11 is 0. The molecule has 9 nitrogen and oxygen atoms in total. The maximum absolute atomic E-state index is 12.3. The molecular weight excluding hydrogens is 380 g/mol. The van der Waals surface area contributed by atoms with E-state index < -0.39 is 0 Å². The van der Waals surface area contributed by atoms with Crippen molar-refractivity contribution in [2.75, 3.05) is 25.4 Å². The molecule has 1 saturated heterocycles. The summed E-state index contributed by atoms with van der Waals surface area (Å²) in [5.41, 5.74) is 10.7. The molecule has 1 fully saturated rings. The average molecular weight is 406 g/mol. The van der Waals surface area contributed by atoms with Crippen LogP contribution in [-0.4, -0.2) is 55.1 Å². The van der Waals surface area contributed by atoms with E-state index in [0.29, 0.717) is 12.4 Å². The third-order valence-electron chi connectivity index (χ3n) is 6.30. The second-order valence-electron chi connectivity index (χ2n) is 8.21. The van der Waals surface area contributed by atoms with E-state index in [9.17, 15) is 4.79 Å².